The maximum absolute atomic E-state index is 12.3. The Morgan fingerprint density at radius 3 is 2.56 bits per heavy atom. The van der Waals surface area contributed by atoms with E-state index in [4.69, 9.17) is 0 Å². The lowest BCUT2D eigenvalue weighted by Crippen LogP contribution is -2.39. The van der Waals surface area contributed by atoms with Crippen LogP contribution in [0.3, 0.4) is 0 Å². The number of para-hydroxylation sites is 2. The third-order valence-corrected chi connectivity index (χ3v) is 3.98. The van der Waals surface area contributed by atoms with Gasteiger partial charge in [0.05, 0.1) is 24.1 Å². The summed E-state index contributed by atoms with van der Waals surface area (Å²) in [4.78, 5) is 30.4. The molecular weight excluding hydrogens is 316 g/mol. The number of hydrogen-bond acceptors (Lipinski definition) is 3. The lowest BCUT2D eigenvalue weighted by Gasteiger charge is -2.20. The van der Waals surface area contributed by atoms with Crippen molar-refractivity contribution < 1.29 is 9.59 Å². The van der Waals surface area contributed by atoms with Crippen molar-refractivity contribution in [2.45, 2.75) is 47.2 Å². The van der Waals surface area contributed by atoms with Crippen molar-refractivity contribution in [3.63, 3.8) is 0 Å². The van der Waals surface area contributed by atoms with Gasteiger partial charge in [0.15, 0.2) is 0 Å². The summed E-state index contributed by atoms with van der Waals surface area (Å²) < 4.78 is 2.11. The minimum absolute atomic E-state index is 0.0117. The monoisotopic (exact) mass is 344 g/mol. The van der Waals surface area contributed by atoms with Crippen LogP contribution in [0, 0.1) is 5.41 Å². The minimum Gasteiger partial charge on any atom is -0.347 e. The first-order chi connectivity index (χ1) is 11.7. The number of carbonyl (C=O) groups is 2. The third kappa shape index (κ3) is 5.05. The first kappa shape index (κ1) is 19.0. The Morgan fingerprint density at radius 2 is 1.92 bits per heavy atom. The molecule has 1 heterocycles. The molecule has 0 aliphatic carbocycles. The van der Waals surface area contributed by atoms with E-state index < -0.39 is 0 Å². The van der Waals surface area contributed by atoms with Gasteiger partial charge in [-0.25, -0.2) is 4.98 Å². The Balaban J connectivity index is 1.98. The van der Waals surface area contributed by atoms with E-state index in [9.17, 15) is 9.59 Å². The fourth-order valence-electron chi connectivity index (χ4n) is 2.75. The largest absolute Gasteiger partial charge is 0.347 e. The number of nitrogens with zero attached hydrogens (tertiary/aromatic N) is 3. The number of rotatable bonds is 6. The topological polar surface area (TPSA) is 67.2 Å². The standard InChI is InChI=1S/C19H28N4O2/c1-6-23-15-10-8-7-9-14(15)21-16(23)13-22(5)18(25)12-20-17(24)11-19(2,3)4/h7-10H,6,11-13H2,1-5H3,(H,20,24). The number of nitrogens with one attached hydrogen (secondary N) is 1. The predicted octanol–water partition coefficient (Wildman–Crippen LogP) is 2.57. The second-order valence-corrected chi connectivity index (χ2v) is 7.52. The van der Waals surface area contributed by atoms with Crippen molar-refractivity contribution in [2.24, 2.45) is 5.41 Å². The van der Waals surface area contributed by atoms with E-state index in [0.717, 1.165) is 23.4 Å². The van der Waals surface area contributed by atoms with E-state index in [1.54, 1.807) is 11.9 Å². The number of aromatic nitrogens is 2. The lowest BCUT2D eigenvalue weighted by atomic mass is 9.92. The number of benzene rings is 1. The van der Waals surface area contributed by atoms with Gasteiger partial charge in [0.2, 0.25) is 11.8 Å². The summed E-state index contributed by atoms with van der Waals surface area (Å²) in [6.45, 7) is 9.27. The first-order valence-electron chi connectivity index (χ1n) is 8.66. The van der Waals surface area contributed by atoms with Crippen molar-refractivity contribution in [1.82, 2.24) is 19.8 Å². The van der Waals surface area contributed by atoms with Crippen LogP contribution in [0.2, 0.25) is 0 Å². The fourth-order valence-corrected chi connectivity index (χ4v) is 2.75. The van der Waals surface area contributed by atoms with Gasteiger partial charge in [-0.15, -0.1) is 0 Å². The number of carbonyl (C=O) groups excluding carboxylic acids is 2. The maximum Gasteiger partial charge on any atom is 0.242 e. The Kier molecular flexibility index (Phi) is 5.82. The van der Waals surface area contributed by atoms with Crippen LogP contribution in [0.1, 0.15) is 39.9 Å². The molecule has 2 aromatic rings. The van der Waals surface area contributed by atoms with Gasteiger partial charge in [0.1, 0.15) is 5.82 Å². The molecule has 2 rings (SSSR count). The van der Waals surface area contributed by atoms with E-state index >= 15 is 0 Å². The number of likely N-dealkylation sites (N-methyl/N-ethyl adjacent to an activating group) is 1. The number of hydrogen-bond donors (Lipinski definition) is 1. The van der Waals surface area contributed by atoms with Crippen LogP contribution in [0.15, 0.2) is 24.3 Å². The second-order valence-electron chi connectivity index (χ2n) is 7.52. The van der Waals surface area contributed by atoms with E-state index in [-0.39, 0.29) is 23.8 Å². The second kappa shape index (κ2) is 7.68. The molecule has 0 saturated carbocycles. The molecule has 0 unspecified atom stereocenters. The summed E-state index contributed by atoms with van der Waals surface area (Å²) in [7, 11) is 1.73. The molecule has 0 radical (unpaired) electrons. The maximum atomic E-state index is 12.3. The van der Waals surface area contributed by atoms with Crippen LogP contribution >= 0.6 is 0 Å². The third-order valence-electron chi connectivity index (χ3n) is 3.98. The summed E-state index contributed by atoms with van der Waals surface area (Å²) in [5, 5.41) is 2.70. The van der Waals surface area contributed by atoms with Crippen LogP contribution < -0.4 is 5.32 Å². The number of fused-ring (bicyclic) bond motifs is 1. The first-order valence-corrected chi connectivity index (χ1v) is 8.66. The van der Waals surface area contributed by atoms with Gasteiger partial charge in [-0.2, -0.15) is 0 Å². The molecule has 0 aliphatic rings. The molecule has 0 atom stereocenters. The number of aryl methyl sites for hydroxylation is 1. The molecule has 1 N–H and O–H groups in total. The van der Waals surface area contributed by atoms with E-state index in [1.807, 2.05) is 45.0 Å². The van der Waals surface area contributed by atoms with Crippen molar-refractivity contribution in [3.8, 4) is 0 Å². The zero-order chi connectivity index (χ0) is 18.6. The number of amides is 2. The molecule has 25 heavy (non-hydrogen) atoms. The Bertz CT molecular complexity index is 758. The molecular formula is C19H28N4O2. The van der Waals surface area contributed by atoms with Crippen LogP contribution in [-0.2, 0) is 22.7 Å². The van der Waals surface area contributed by atoms with Crippen LogP contribution in [0.25, 0.3) is 11.0 Å². The molecule has 136 valence electrons. The molecule has 0 spiro atoms. The molecule has 0 bridgehead atoms. The zero-order valence-electron chi connectivity index (χ0n) is 15.8. The minimum atomic E-state index is -0.128. The van der Waals surface area contributed by atoms with Gasteiger partial charge in [-0.05, 0) is 24.5 Å². The highest BCUT2D eigenvalue weighted by molar-refractivity contribution is 5.85. The molecule has 1 aromatic heterocycles. The zero-order valence-corrected chi connectivity index (χ0v) is 15.8. The molecule has 2 amide bonds. The fraction of sp³-hybridized carbons (Fsp3) is 0.526. The van der Waals surface area contributed by atoms with Gasteiger partial charge >= 0.3 is 0 Å². The smallest absolute Gasteiger partial charge is 0.242 e. The molecule has 0 aliphatic heterocycles. The van der Waals surface area contributed by atoms with Crippen molar-refractivity contribution >= 4 is 22.8 Å². The van der Waals surface area contributed by atoms with Gasteiger partial charge in [0, 0.05) is 20.0 Å². The normalized spacial score (nSPS) is 11.6. The summed E-state index contributed by atoms with van der Waals surface area (Å²) in [6.07, 6.45) is 0.398. The average Bonchev–Trinajstić information content (AvgIpc) is 2.87. The Labute approximate surface area is 149 Å². The average molecular weight is 344 g/mol. The molecule has 6 nitrogen and oxygen atoms in total. The molecule has 0 saturated heterocycles. The SMILES string of the molecule is CCn1c(CN(C)C(=O)CNC(=O)CC(C)(C)C)nc2ccccc21. The van der Waals surface area contributed by atoms with Crippen molar-refractivity contribution in [3.05, 3.63) is 30.1 Å². The predicted molar refractivity (Wildman–Crippen MR) is 99.0 cm³/mol. The Morgan fingerprint density at radius 1 is 1.24 bits per heavy atom. The number of imidazole rings is 1. The summed E-state index contributed by atoms with van der Waals surface area (Å²) in [5.74, 6) is 0.618. The van der Waals surface area contributed by atoms with Crippen LogP contribution in [-0.4, -0.2) is 39.9 Å². The van der Waals surface area contributed by atoms with Crippen LogP contribution in [0.4, 0.5) is 0 Å². The molecule has 1 aromatic carbocycles. The summed E-state index contributed by atoms with van der Waals surface area (Å²) in [6, 6.07) is 7.95. The highest BCUT2D eigenvalue weighted by Gasteiger charge is 2.18. The van der Waals surface area contributed by atoms with Crippen molar-refractivity contribution in [2.75, 3.05) is 13.6 Å². The Hall–Kier alpha value is -2.37. The van der Waals surface area contributed by atoms with E-state index in [2.05, 4.69) is 21.8 Å². The van der Waals surface area contributed by atoms with Gasteiger partial charge in [0.25, 0.3) is 0 Å². The van der Waals surface area contributed by atoms with Crippen LogP contribution in [0.5, 0.6) is 0 Å². The highest BCUT2D eigenvalue weighted by Crippen LogP contribution is 2.18. The quantitative estimate of drug-likeness (QED) is 0.876. The lowest BCUT2D eigenvalue weighted by molar-refractivity contribution is -0.132. The van der Waals surface area contributed by atoms with E-state index in [0.29, 0.717) is 13.0 Å². The highest BCUT2D eigenvalue weighted by atomic mass is 16.2. The van der Waals surface area contributed by atoms with E-state index in [1.165, 1.54) is 0 Å². The van der Waals surface area contributed by atoms with Gasteiger partial charge < -0.3 is 14.8 Å². The molecule has 6 heteroatoms. The summed E-state index contributed by atoms with van der Waals surface area (Å²) in [5.41, 5.74) is 1.91. The van der Waals surface area contributed by atoms with Gasteiger partial charge in [-0.3, -0.25) is 9.59 Å². The van der Waals surface area contributed by atoms with Gasteiger partial charge in [-0.1, -0.05) is 32.9 Å². The molecule has 0 fully saturated rings. The van der Waals surface area contributed by atoms with Crippen molar-refractivity contribution in [1.29, 1.82) is 0 Å². The summed E-state index contributed by atoms with van der Waals surface area (Å²) >= 11 is 0.